The van der Waals surface area contributed by atoms with Crippen LogP contribution < -0.4 is 0 Å². The highest BCUT2D eigenvalue weighted by Crippen LogP contribution is 2.14. The Morgan fingerprint density at radius 3 is 2.67 bits per heavy atom. The lowest BCUT2D eigenvalue weighted by molar-refractivity contribution is -0.138. The van der Waals surface area contributed by atoms with Crippen molar-refractivity contribution in [2.45, 2.75) is 27.3 Å². The van der Waals surface area contributed by atoms with Gasteiger partial charge in [-0.05, 0) is 36.1 Å². The molecule has 0 radical (unpaired) electrons. The van der Waals surface area contributed by atoms with Gasteiger partial charge in [-0.15, -0.1) is 0 Å². The van der Waals surface area contributed by atoms with Gasteiger partial charge in [0.1, 0.15) is 5.82 Å². The fourth-order valence-electron chi connectivity index (χ4n) is 1.94. The Kier molecular flexibility index (Phi) is 5.28. The zero-order chi connectivity index (χ0) is 13.7. The predicted octanol–water partition coefficient (Wildman–Crippen LogP) is 2.68. The van der Waals surface area contributed by atoms with Crippen molar-refractivity contribution in [3.8, 4) is 0 Å². The van der Waals surface area contributed by atoms with Crippen molar-refractivity contribution in [3.05, 3.63) is 35.1 Å². The standard InChI is InChI=1S/C14H20FNO2/c1-10(2)7-16(9-14(17)18)8-12-6-13(15)5-4-11(12)3/h4-6,10H,7-9H2,1-3H3,(H,17,18). The van der Waals surface area contributed by atoms with E-state index in [1.54, 1.807) is 6.07 Å². The van der Waals surface area contributed by atoms with Gasteiger partial charge in [-0.1, -0.05) is 19.9 Å². The number of rotatable bonds is 6. The highest BCUT2D eigenvalue weighted by atomic mass is 19.1. The molecule has 0 heterocycles. The summed E-state index contributed by atoms with van der Waals surface area (Å²) in [6.45, 7) is 7.11. The molecule has 1 N–H and O–H groups in total. The topological polar surface area (TPSA) is 40.5 Å². The normalized spacial score (nSPS) is 11.2. The van der Waals surface area contributed by atoms with Gasteiger partial charge >= 0.3 is 5.97 Å². The summed E-state index contributed by atoms with van der Waals surface area (Å²) in [5.74, 6) is -0.765. The highest BCUT2D eigenvalue weighted by molar-refractivity contribution is 5.69. The lowest BCUT2D eigenvalue weighted by atomic mass is 10.1. The summed E-state index contributed by atoms with van der Waals surface area (Å²) < 4.78 is 13.2. The molecule has 100 valence electrons. The predicted molar refractivity (Wildman–Crippen MR) is 68.9 cm³/mol. The van der Waals surface area contributed by atoms with Crippen LogP contribution in [-0.4, -0.2) is 29.1 Å². The van der Waals surface area contributed by atoms with Gasteiger partial charge in [-0.2, -0.15) is 0 Å². The molecule has 0 saturated carbocycles. The summed E-state index contributed by atoms with van der Waals surface area (Å²) in [5, 5.41) is 8.88. The molecular formula is C14H20FNO2. The average Bonchev–Trinajstić information content (AvgIpc) is 2.21. The molecule has 0 fully saturated rings. The van der Waals surface area contributed by atoms with Gasteiger partial charge in [0, 0.05) is 13.1 Å². The van der Waals surface area contributed by atoms with E-state index in [-0.39, 0.29) is 12.4 Å². The zero-order valence-electron chi connectivity index (χ0n) is 11.1. The van der Waals surface area contributed by atoms with Crippen LogP contribution in [0.15, 0.2) is 18.2 Å². The Labute approximate surface area is 107 Å². The molecule has 0 saturated heterocycles. The number of nitrogens with zero attached hydrogens (tertiary/aromatic N) is 1. The number of carboxylic acids is 1. The van der Waals surface area contributed by atoms with Crippen LogP contribution in [0.3, 0.4) is 0 Å². The van der Waals surface area contributed by atoms with Crippen molar-refractivity contribution in [2.24, 2.45) is 5.92 Å². The molecule has 0 aliphatic carbocycles. The summed E-state index contributed by atoms with van der Waals surface area (Å²) >= 11 is 0. The maximum Gasteiger partial charge on any atom is 0.317 e. The Morgan fingerprint density at radius 2 is 2.11 bits per heavy atom. The average molecular weight is 253 g/mol. The first-order valence-corrected chi connectivity index (χ1v) is 6.07. The van der Waals surface area contributed by atoms with E-state index in [4.69, 9.17) is 5.11 Å². The number of hydrogen-bond acceptors (Lipinski definition) is 2. The second kappa shape index (κ2) is 6.50. The number of halogens is 1. The van der Waals surface area contributed by atoms with Crippen molar-refractivity contribution >= 4 is 5.97 Å². The first kappa shape index (κ1) is 14.6. The minimum atomic E-state index is -0.857. The molecule has 0 atom stereocenters. The van der Waals surface area contributed by atoms with Crippen molar-refractivity contribution < 1.29 is 14.3 Å². The van der Waals surface area contributed by atoms with E-state index in [9.17, 15) is 9.18 Å². The third-order valence-electron chi connectivity index (χ3n) is 2.69. The molecular weight excluding hydrogens is 233 g/mol. The Bertz CT molecular complexity index is 418. The quantitative estimate of drug-likeness (QED) is 0.847. The maximum atomic E-state index is 13.2. The van der Waals surface area contributed by atoms with Crippen LogP contribution in [0, 0.1) is 18.7 Å². The summed E-state index contributed by atoms with van der Waals surface area (Å²) in [6, 6.07) is 4.62. The Balaban J connectivity index is 2.81. The van der Waals surface area contributed by atoms with Crippen molar-refractivity contribution in [1.82, 2.24) is 4.90 Å². The molecule has 1 aromatic carbocycles. The van der Waals surface area contributed by atoms with Crippen LogP contribution in [0.1, 0.15) is 25.0 Å². The molecule has 0 aliphatic rings. The third kappa shape index (κ3) is 4.84. The molecule has 0 amide bonds. The molecule has 1 aromatic rings. The number of carboxylic acid groups (broad SMARTS) is 1. The van der Waals surface area contributed by atoms with Crippen molar-refractivity contribution in [2.75, 3.05) is 13.1 Å². The van der Waals surface area contributed by atoms with Gasteiger partial charge in [0.05, 0.1) is 6.54 Å². The van der Waals surface area contributed by atoms with E-state index in [0.29, 0.717) is 19.0 Å². The van der Waals surface area contributed by atoms with Crippen LogP contribution in [-0.2, 0) is 11.3 Å². The van der Waals surface area contributed by atoms with Gasteiger partial charge in [0.2, 0.25) is 0 Å². The first-order chi connectivity index (χ1) is 8.38. The molecule has 4 heteroatoms. The van der Waals surface area contributed by atoms with Gasteiger partial charge in [-0.25, -0.2) is 4.39 Å². The van der Waals surface area contributed by atoms with Gasteiger partial charge in [0.15, 0.2) is 0 Å². The molecule has 1 rings (SSSR count). The van der Waals surface area contributed by atoms with E-state index >= 15 is 0 Å². The first-order valence-electron chi connectivity index (χ1n) is 6.07. The Morgan fingerprint density at radius 1 is 1.44 bits per heavy atom. The minimum Gasteiger partial charge on any atom is -0.480 e. The van der Waals surface area contributed by atoms with Crippen molar-refractivity contribution in [1.29, 1.82) is 0 Å². The van der Waals surface area contributed by atoms with Gasteiger partial charge in [-0.3, -0.25) is 9.69 Å². The number of benzene rings is 1. The SMILES string of the molecule is Cc1ccc(F)cc1CN(CC(=O)O)CC(C)C. The largest absolute Gasteiger partial charge is 0.480 e. The molecule has 0 aromatic heterocycles. The molecule has 3 nitrogen and oxygen atoms in total. The van der Waals surface area contributed by atoms with Crippen LogP contribution in [0.4, 0.5) is 4.39 Å². The van der Waals surface area contributed by atoms with E-state index in [0.717, 1.165) is 11.1 Å². The van der Waals surface area contributed by atoms with E-state index in [1.807, 2.05) is 25.7 Å². The summed E-state index contributed by atoms with van der Waals surface area (Å²) in [5.41, 5.74) is 1.83. The molecule has 0 bridgehead atoms. The molecule has 0 spiro atoms. The lowest BCUT2D eigenvalue weighted by Crippen LogP contribution is -2.32. The molecule has 0 unspecified atom stereocenters. The minimum absolute atomic E-state index is 0.0197. The molecule has 0 aliphatic heterocycles. The van der Waals surface area contributed by atoms with Crippen LogP contribution in [0.5, 0.6) is 0 Å². The number of aliphatic carboxylic acids is 1. The smallest absolute Gasteiger partial charge is 0.317 e. The van der Waals surface area contributed by atoms with Crippen molar-refractivity contribution in [3.63, 3.8) is 0 Å². The van der Waals surface area contributed by atoms with Crippen LogP contribution in [0.25, 0.3) is 0 Å². The second-order valence-corrected chi connectivity index (χ2v) is 5.03. The fourth-order valence-corrected chi connectivity index (χ4v) is 1.94. The van der Waals surface area contributed by atoms with E-state index in [1.165, 1.54) is 12.1 Å². The maximum absolute atomic E-state index is 13.2. The van der Waals surface area contributed by atoms with E-state index in [2.05, 4.69) is 0 Å². The van der Waals surface area contributed by atoms with Gasteiger partial charge in [0.25, 0.3) is 0 Å². The fraction of sp³-hybridized carbons (Fsp3) is 0.500. The summed E-state index contributed by atoms with van der Waals surface area (Å²) in [4.78, 5) is 12.6. The van der Waals surface area contributed by atoms with Crippen LogP contribution >= 0.6 is 0 Å². The number of carbonyl (C=O) groups is 1. The monoisotopic (exact) mass is 253 g/mol. The molecule has 18 heavy (non-hydrogen) atoms. The van der Waals surface area contributed by atoms with E-state index < -0.39 is 5.97 Å². The number of aryl methyl sites for hydroxylation is 1. The number of hydrogen-bond donors (Lipinski definition) is 1. The highest BCUT2D eigenvalue weighted by Gasteiger charge is 2.13. The van der Waals surface area contributed by atoms with Crippen LogP contribution in [0.2, 0.25) is 0 Å². The Hall–Kier alpha value is -1.42. The zero-order valence-corrected chi connectivity index (χ0v) is 11.1. The summed E-state index contributed by atoms with van der Waals surface area (Å²) in [7, 11) is 0. The summed E-state index contributed by atoms with van der Waals surface area (Å²) in [6.07, 6.45) is 0. The second-order valence-electron chi connectivity index (χ2n) is 5.03. The lowest BCUT2D eigenvalue weighted by Gasteiger charge is -2.23. The van der Waals surface area contributed by atoms with Gasteiger partial charge < -0.3 is 5.11 Å². The third-order valence-corrected chi connectivity index (χ3v) is 2.69.